The summed E-state index contributed by atoms with van der Waals surface area (Å²) < 4.78 is 5.37. The molecule has 1 fully saturated rings. The zero-order valence-electron chi connectivity index (χ0n) is 12.5. The molecule has 1 aromatic carbocycles. The number of nitrogens with zero attached hydrogens (tertiary/aromatic N) is 1. The molecule has 1 aromatic rings. The molecule has 112 valence electrons. The molecule has 0 spiro atoms. The molecule has 20 heavy (non-hydrogen) atoms. The van der Waals surface area contributed by atoms with Crippen molar-refractivity contribution in [3.8, 4) is 0 Å². The van der Waals surface area contributed by atoms with E-state index in [-0.39, 0.29) is 6.10 Å². The van der Waals surface area contributed by atoms with Crippen molar-refractivity contribution in [3.63, 3.8) is 0 Å². The molecule has 1 heterocycles. The first-order valence-electron chi connectivity index (χ1n) is 7.48. The minimum absolute atomic E-state index is 0.249. The number of nitrogens with one attached hydrogen (secondary N) is 1. The molecule has 0 amide bonds. The highest BCUT2D eigenvalue weighted by molar-refractivity contribution is 5.47. The molecule has 0 aliphatic carbocycles. The predicted octanol–water partition coefficient (Wildman–Crippen LogP) is 1.77. The predicted molar refractivity (Wildman–Crippen MR) is 82.1 cm³/mol. The molecule has 2 N–H and O–H groups in total. The first kappa shape index (κ1) is 15.3. The lowest BCUT2D eigenvalue weighted by Gasteiger charge is -2.29. The zero-order valence-corrected chi connectivity index (χ0v) is 12.5. The van der Waals surface area contributed by atoms with Crippen molar-refractivity contribution in [2.24, 2.45) is 0 Å². The van der Waals surface area contributed by atoms with Gasteiger partial charge >= 0.3 is 0 Å². The van der Waals surface area contributed by atoms with Gasteiger partial charge in [-0.3, -0.25) is 0 Å². The van der Waals surface area contributed by atoms with Crippen LogP contribution in [0.1, 0.15) is 25.8 Å². The maximum absolute atomic E-state index is 9.34. The summed E-state index contributed by atoms with van der Waals surface area (Å²) >= 11 is 0. The first-order chi connectivity index (χ1) is 9.65. The fourth-order valence-corrected chi connectivity index (χ4v) is 2.53. The van der Waals surface area contributed by atoms with Crippen molar-refractivity contribution in [3.05, 3.63) is 29.8 Å². The summed E-state index contributed by atoms with van der Waals surface area (Å²) in [5, 5.41) is 12.8. The third kappa shape index (κ3) is 4.78. The number of morpholine rings is 1. The Kier molecular flexibility index (Phi) is 5.83. The van der Waals surface area contributed by atoms with Crippen LogP contribution >= 0.6 is 0 Å². The van der Waals surface area contributed by atoms with Crippen LogP contribution < -0.4 is 10.2 Å². The van der Waals surface area contributed by atoms with Gasteiger partial charge in [0.15, 0.2) is 0 Å². The molecule has 0 aromatic heterocycles. The standard InChI is InChI=1S/C16H26N2O2/c1-13(11-14(2)19)17-12-15-3-5-16(6-4-15)18-7-9-20-10-8-18/h3-6,13-14,17,19H,7-12H2,1-2H3. The van der Waals surface area contributed by atoms with Crippen molar-refractivity contribution in [2.75, 3.05) is 31.2 Å². The van der Waals surface area contributed by atoms with Crippen LogP contribution in [0.2, 0.25) is 0 Å². The van der Waals surface area contributed by atoms with Gasteiger partial charge in [-0.25, -0.2) is 0 Å². The van der Waals surface area contributed by atoms with Gasteiger partial charge in [-0.15, -0.1) is 0 Å². The lowest BCUT2D eigenvalue weighted by molar-refractivity contribution is 0.122. The van der Waals surface area contributed by atoms with Crippen LogP contribution in [0.5, 0.6) is 0 Å². The summed E-state index contributed by atoms with van der Waals surface area (Å²) in [6, 6.07) is 9.04. The Balaban J connectivity index is 1.82. The van der Waals surface area contributed by atoms with Crippen molar-refractivity contribution >= 4 is 5.69 Å². The Hall–Kier alpha value is -1.10. The third-order valence-electron chi connectivity index (χ3n) is 3.66. The first-order valence-corrected chi connectivity index (χ1v) is 7.48. The van der Waals surface area contributed by atoms with Crippen molar-refractivity contribution < 1.29 is 9.84 Å². The van der Waals surface area contributed by atoms with Crippen LogP contribution in [0.4, 0.5) is 5.69 Å². The Labute approximate surface area is 121 Å². The molecule has 4 heteroatoms. The van der Waals surface area contributed by atoms with E-state index in [9.17, 15) is 5.11 Å². The van der Waals surface area contributed by atoms with Crippen LogP contribution in [0, 0.1) is 0 Å². The lowest BCUT2D eigenvalue weighted by atomic mass is 10.1. The number of aliphatic hydroxyl groups is 1. The monoisotopic (exact) mass is 278 g/mol. The highest BCUT2D eigenvalue weighted by Gasteiger charge is 2.11. The Morgan fingerprint density at radius 2 is 1.85 bits per heavy atom. The van der Waals surface area contributed by atoms with Gasteiger partial charge < -0.3 is 20.1 Å². The molecule has 1 aliphatic heterocycles. The van der Waals surface area contributed by atoms with Crippen LogP contribution in [-0.2, 0) is 11.3 Å². The van der Waals surface area contributed by atoms with Gasteiger partial charge in [-0.05, 0) is 38.0 Å². The summed E-state index contributed by atoms with van der Waals surface area (Å²) in [4.78, 5) is 2.36. The van der Waals surface area contributed by atoms with E-state index in [0.29, 0.717) is 6.04 Å². The van der Waals surface area contributed by atoms with Crippen LogP contribution in [0.15, 0.2) is 24.3 Å². The fourth-order valence-electron chi connectivity index (χ4n) is 2.53. The smallest absolute Gasteiger partial charge is 0.0642 e. The number of hydrogen-bond acceptors (Lipinski definition) is 4. The van der Waals surface area contributed by atoms with E-state index < -0.39 is 0 Å². The van der Waals surface area contributed by atoms with E-state index in [4.69, 9.17) is 4.74 Å². The van der Waals surface area contributed by atoms with Gasteiger partial charge in [-0.2, -0.15) is 0 Å². The minimum Gasteiger partial charge on any atom is -0.393 e. The maximum atomic E-state index is 9.34. The lowest BCUT2D eigenvalue weighted by Crippen LogP contribution is -2.36. The Morgan fingerprint density at radius 1 is 1.20 bits per heavy atom. The van der Waals surface area contributed by atoms with Crippen molar-refractivity contribution in [1.29, 1.82) is 0 Å². The number of ether oxygens (including phenoxy) is 1. The summed E-state index contributed by atoms with van der Waals surface area (Å²) in [7, 11) is 0. The van der Waals surface area contributed by atoms with Crippen LogP contribution in [0.3, 0.4) is 0 Å². The molecule has 0 bridgehead atoms. The number of anilines is 1. The number of rotatable bonds is 6. The summed E-state index contributed by atoms with van der Waals surface area (Å²) in [5.41, 5.74) is 2.55. The largest absolute Gasteiger partial charge is 0.393 e. The highest BCUT2D eigenvalue weighted by Crippen LogP contribution is 2.16. The van der Waals surface area contributed by atoms with Gasteiger partial charge in [0.05, 0.1) is 19.3 Å². The van der Waals surface area contributed by atoms with E-state index in [2.05, 4.69) is 41.4 Å². The SMILES string of the molecule is CC(O)CC(C)NCc1ccc(N2CCOCC2)cc1. The molecule has 1 saturated heterocycles. The second kappa shape index (κ2) is 7.62. The zero-order chi connectivity index (χ0) is 14.4. The molecule has 4 nitrogen and oxygen atoms in total. The average molecular weight is 278 g/mol. The number of aliphatic hydroxyl groups excluding tert-OH is 1. The molecular weight excluding hydrogens is 252 g/mol. The third-order valence-corrected chi connectivity index (χ3v) is 3.66. The second-order valence-electron chi connectivity index (χ2n) is 5.63. The van der Waals surface area contributed by atoms with Crippen molar-refractivity contribution in [1.82, 2.24) is 5.32 Å². The second-order valence-corrected chi connectivity index (χ2v) is 5.63. The molecule has 2 atom stereocenters. The highest BCUT2D eigenvalue weighted by atomic mass is 16.5. The molecule has 2 rings (SSSR count). The van der Waals surface area contributed by atoms with E-state index in [1.165, 1.54) is 11.3 Å². The topological polar surface area (TPSA) is 44.7 Å². The number of benzene rings is 1. The van der Waals surface area contributed by atoms with Crippen LogP contribution in [-0.4, -0.2) is 43.6 Å². The van der Waals surface area contributed by atoms with E-state index in [1.807, 2.05) is 6.92 Å². The van der Waals surface area contributed by atoms with Gasteiger partial charge in [0.2, 0.25) is 0 Å². The Bertz CT molecular complexity index is 386. The molecule has 2 unspecified atom stereocenters. The van der Waals surface area contributed by atoms with E-state index >= 15 is 0 Å². The van der Waals surface area contributed by atoms with Gasteiger partial charge in [0.1, 0.15) is 0 Å². The quantitative estimate of drug-likeness (QED) is 0.832. The fraction of sp³-hybridized carbons (Fsp3) is 0.625. The van der Waals surface area contributed by atoms with Gasteiger partial charge in [0, 0.05) is 31.4 Å². The van der Waals surface area contributed by atoms with E-state index in [1.54, 1.807) is 0 Å². The van der Waals surface area contributed by atoms with Crippen molar-refractivity contribution in [2.45, 2.75) is 39.0 Å². The van der Waals surface area contributed by atoms with Gasteiger partial charge in [0.25, 0.3) is 0 Å². The number of hydrogen-bond donors (Lipinski definition) is 2. The molecular formula is C16H26N2O2. The normalized spacial score (nSPS) is 18.9. The Morgan fingerprint density at radius 3 is 2.45 bits per heavy atom. The summed E-state index contributed by atoms with van der Waals surface area (Å²) in [5.74, 6) is 0. The maximum Gasteiger partial charge on any atom is 0.0642 e. The van der Waals surface area contributed by atoms with E-state index in [0.717, 1.165) is 39.3 Å². The van der Waals surface area contributed by atoms with Gasteiger partial charge in [-0.1, -0.05) is 12.1 Å². The van der Waals surface area contributed by atoms with Crippen LogP contribution in [0.25, 0.3) is 0 Å². The average Bonchev–Trinajstić information content (AvgIpc) is 2.46. The summed E-state index contributed by atoms with van der Waals surface area (Å²) in [6.45, 7) is 8.37. The summed E-state index contributed by atoms with van der Waals surface area (Å²) in [6.07, 6.45) is 0.535. The molecule has 1 aliphatic rings. The molecule has 0 radical (unpaired) electrons. The minimum atomic E-state index is -0.249. The molecule has 0 saturated carbocycles.